The Morgan fingerprint density at radius 1 is 1.18 bits per heavy atom. The van der Waals surface area contributed by atoms with Gasteiger partial charge in [0.1, 0.15) is 0 Å². The van der Waals surface area contributed by atoms with Gasteiger partial charge >= 0.3 is 0 Å². The van der Waals surface area contributed by atoms with Crippen LogP contribution in [0.25, 0.3) is 0 Å². The molecular weight excluding hydrogens is 206 g/mol. The lowest BCUT2D eigenvalue weighted by molar-refractivity contribution is 0.212. The van der Waals surface area contributed by atoms with Crippen LogP contribution < -0.4 is 5.32 Å². The third kappa shape index (κ3) is 2.71. The van der Waals surface area contributed by atoms with Crippen molar-refractivity contribution >= 4 is 0 Å². The standard InChI is InChI=1S/C16H25N/c1-13-8-5-6-9-14(13)16(10-7-11-16)12-17-15(2,3)4/h5-6,8-9,17H,7,10-12H2,1-4H3. The molecule has 1 N–H and O–H groups in total. The molecule has 0 bridgehead atoms. The average molecular weight is 231 g/mol. The van der Waals surface area contributed by atoms with Crippen molar-refractivity contribution in [1.29, 1.82) is 0 Å². The quantitative estimate of drug-likeness (QED) is 0.834. The van der Waals surface area contributed by atoms with Crippen LogP contribution in [0.1, 0.15) is 51.2 Å². The number of hydrogen-bond donors (Lipinski definition) is 1. The highest BCUT2D eigenvalue weighted by molar-refractivity contribution is 5.35. The molecule has 0 radical (unpaired) electrons. The molecule has 1 aromatic carbocycles. The van der Waals surface area contributed by atoms with Gasteiger partial charge in [-0.1, -0.05) is 30.7 Å². The molecule has 94 valence electrons. The number of aryl methyl sites for hydroxylation is 1. The molecule has 0 unspecified atom stereocenters. The summed E-state index contributed by atoms with van der Waals surface area (Å²) in [6.07, 6.45) is 4.04. The van der Waals surface area contributed by atoms with E-state index >= 15 is 0 Å². The Hall–Kier alpha value is -0.820. The molecular formula is C16H25N. The highest BCUT2D eigenvalue weighted by Gasteiger charge is 2.39. The van der Waals surface area contributed by atoms with Crippen LogP contribution in [-0.4, -0.2) is 12.1 Å². The molecule has 0 amide bonds. The van der Waals surface area contributed by atoms with E-state index in [-0.39, 0.29) is 5.54 Å². The molecule has 1 nitrogen and oxygen atoms in total. The summed E-state index contributed by atoms with van der Waals surface area (Å²) >= 11 is 0. The normalized spacial score (nSPS) is 18.8. The minimum atomic E-state index is 0.214. The molecule has 1 aromatic rings. The second kappa shape index (κ2) is 4.45. The van der Waals surface area contributed by atoms with Gasteiger partial charge in [0.2, 0.25) is 0 Å². The molecule has 0 heterocycles. The topological polar surface area (TPSA) is 12.0 Å². The Morgan fingerprint density at radius 2 is 1.82 bits per heavy atom. The Bertz CT molecular complexity index is 383. The van der Waals surface area contributed by atoms with Crippen molar-refractivity contribution in [3.05, 3.63) is 35.4 Å². The van der Waals surface area contributed by atoms with Crippen LogP contribution in [0.5, 0.6) is 0 Å². The second-order valence-electron chi connectivity index (χ2n) is 6.55. The van der Waals surface area contributed by atoms with Crippen molar-refractivity contribution in [1.82, 2.24) is 5.32 Å². The van der Waals surface area contributed by atoms with E-state index in [0.29, 0.717) is 5.41 Å². The van der Waals surface area contributed by atoms with Gasteiger partial charge in [-0.05, 0) is 51.7 Å². The molecule has 0 atom stereocenters. The van der Waals surface area contributed by atoms with Gasteiger partial charge < -0.3 is 5.32 Å². The monoisotopic (exact) mass is 231 g/mol. The summed E-state index contributed by atoms with van der Waals surface area (Å²) in [6, 6.07) is 8.88. The third-order valence-corrected chi connectivity index (χ3v) is 3.98. The van der Waals surface area contributed by atoms with Gasteiger partial charge in [0.15, 0.2) is 0 Å². The molecule has 1 fully saturated rings. The minimum Gasteiger partial charge on any atom is -0.311 e. The lowest BCUT2D eigenvalue weighted by atomic mass is 9.63. The van der Waals surface area contributed by atoms with Gasteiger partial charge in [0.25, 0.3) is 0 Å². The Morgan fingerprint density at radius 3 is 2.29 bits per heavy atom. The predicted molar refractivity (Wildman–Crippen MR) is 74.5 cm³/mol. The van der Waals surface area contributed by atoms with Crippen molar-refractivity contribution in [2.45, 2.75) is 57.9 Å². The molecule has 17 heavy (non-hydrogen) atoms. The zero-order valence-corrected chi connectivity index (χ0v) is 11.6. The first-order chi connectivity index (χ1) is 7.93. The lowest BCUT2D eigenvalue weighted by Gasteiger charge is -2.45. The predicted octanol–water partition coefficient (Wildman–Crippen LogP) is 3.80. The van der Waals surface area contributed by atoms with Gasteiger partial charge in [0.05, 0.1) is 0 Å². The van der Waals surface area contributed by atoms with E-state index < -0.39 is 0 Å². The summed E-state index contributed by atoms with van der Waals surface area (Å²) in [5, 5.41) is 3.69. The van der Waals surface area contributed by atoms with E-state index in [1.807, 2.05) is 0 Å². The van der Waals surface area contributed by atoms with E-state index in [4.69, 9.17) is 0 Å². The van der Waals surface area contributed by atoms with E-state index in [9.17, 15) is 0 Å². The maximum atomic E-state index is 3.69. The first-order valence-electron chi connectivity index (χ1n) is 6.74. The second-order valence-corrected chi connectivity index (χ2v) is 6.55. The summed E-state index contributed by atoms with van der Waals surface area (Å²) < 4.78 is 0. The first-order valence-corrected chi connectivity index (χ1v) is 6.74. The molecule has 1 saturated carbocycles. The SMILES string of the molecule is Cc1ccccc1C1(CNC(C)(C)C)CCC1. The molecule has 0 aromatic heterocycles. The van der Waals surface area contributed by atoms with E-state index in [2.05, 4.69) is 57.3 Å². The molecule has 0 saturated heterocycles. The summed E-state index contributed by atoms with van der Waals surface area (Å²) in [4.78, 5) is 0. The summed E-state index contributed by atoms with van der Waals surface area (Å²) in [5.41, 5.74) is 3.62. The molecule has 1 heteroatoms. The maximum Gasteiger partial charge on any atom is 0.00968 e. The maximum absolute atomic E-state index is 3.69. The summed E-state index contributed by atoms with van der Waals surface area (Å²) in [5.74, 6) is 0. The van der Waals surface area contributed by atoms with E-state index in [0.717, 1.165) is 6.54 Å². The molecule has 2 rings (SSSR count). The number of rotatable bonds is 3. The van der Waals surface area contributed by atoms with Gasteiger partial charge in [-0.2, -0.15) is 0 Å². The zero-order chi connectivity index (χ0) is 12.5. The molecule has 0 spiro atoms. The lowest BCUT2D eigenvalue weighted by Crippen LogP contribution is -2.49. The van der Waals surface area contributed by atoms with Crippen LogP contribution in [0.4, 0.5) is 0 Å². The van der Waals surface area contributed by atoms with Crippen molar-refractivity contribution < 1.29 is 0 Å². The van der Waals surface area contributed by atoms with Crippen molar-refractivity contribution in [2.75, 3.05) is 6.54 Å². The molecule has 1 aliphatic carbocycles. The molecule has 1 aliphatic rings. The van der Waals surface area contributed by atoms with Gasteiger partial charge in [-0.15, -0.1) is 0 Å². The molecule has 0 aliphatic heterocycles. The minimum absolute atomic E-state index is 0.214. The van der Waals surface area contributed by atoms with Gasteiger partial charge in [-0.3, -0.25) is 0 Å². The largest absolute Gasteiger partial charge is 0.311 e. The fraction of sp³-hybridized carbons (Fsp3) is 0.625. The highest BCUT2D eigenvalue weighted by atomic mass is 15.0. The Labute approximate surface area is 106 Å². The number of benzene rings is 1. The first kappa shape index (κ1) is 12.6. The Balaban J connectivity index is 2.18. The van der Waals surface area contributed by atoms with E-state index in [1.165, 1.54) is 24.8 Å². The zero-order valence-electron chi connectivity index (χ0n) is 11.6. The van der Waals surface area contributed by atoms with E-state index in [1.54, 1.807) is 5.56 Å². The van der Waals surface area contributed by atoms with Crippen molar-refractivity contribution in [3.8, 4) is 0 Å². The van der Waals surface area contributed by atoms with Crippen LogP contribution in [-0.2, 0) is 5.41 Å². The van der Waals surface area contributed by atoms with Crippen LogP contribution in [0.15, 0.2) is 24.3 Å². The average Bonchev–Trinajstić information content (AvgIpc) is 2.17. The van der Waals surface area contributed by atoms with Crippen LogP contribution >= 0.6 is 0 Å². The van der Waals surface area contributed by atoms with Crippen LogP contribution in [0.3, 0.4) is 0 Å². The van der Waals surface area contributed by atoms with Gasteiger partial charge in [-0.25, -0.2) is 0 Å². The number of hydrogen-bond acceptors (Lipinski definition) is 1. The fourth-order valence-electron chi connectivity index (χ4n) is 2.75. The summed E-state index contributed by atoms with van der Waals surface area (Å²) in [7, 11) is 0. The van der Waals surface area contributed by atoms with Crippen LogP contribution in [0, 0.1) is 6.92 Å². The summed E-state index contributed by atoms with van der Waals surface area (Å²) in [6.45, 7) is 10.1. The Kier molecular flexibility index (Phi) is 3.31. The fourth-order valence-corrected chi connectivity index (χ4v) is 2.75. The van der Waals surface area contributed by atoms with Crippen molar-refractivity contribution in [3.63, 3.8) is 0 Å². The smallest absolute Gasteiger partial charge is 0.00968 e. The highest BCUT2D eigenvalue weighted by Crippen LogP contribution is 2.44. The van der Waals surface area contributed by atoms with Crippen LogP contribution in [0.2, 0.25) is 0 Å². The van der Waals surface area contributed by atoms with Crippen molar-refractivity contribution in [2.24, 2.45) is 0 Å². The third-order valence-electron chi connectivity index (χ3n) is 3.98. The van der Waals surface area contributed by atoms with Gasteiger partial charge in [0, 0.05) is 17.5 Å². The number of nitrogens with one attached hydrogen (secondary N) is 1.